The Morgan fingerprint density at radius 2 is 1.58 bits per heavy atom. The van der Waals surface area contributed by atoms with Gasteiger partial charge in [0, 0.05) is 12.2 Å². The molecular weight excluding hydrogens is 553 g/mol. The van der Waals surface area contributed by atoms with Crippen LogP contribution in [0, 0.1) is 0 Å². The van der Waals surface area contributed by atoms with E-state index in [1.165, 1.54) is 21.6 Å². The van der Waals surface area contributed by atoms with E-state index in [4.69, 9.17) is 4.98 Å². The van der Waals surface area contributed by atoms with Gasteiger partial charge in [0.25, 0.3) is 5.56 Å². The van der Waals surface area contributed by atoms with E-state index in [9.17, 15) is 22.8 Å². The molecular formula is C34H31F3N4O2. The van der Waals surface area contributed by atoms with Crippen LogP contribution in [0.5, 0.6) is 0 Å². The van der Waals surface area contributed by atoms with Crippen molar-refractivity contribution in [2.45, 2.75) is 45.5 Å². The van der Waals surface area contributed by atoms with Crippen molar-refractivity contribution >= 4 is 22.6 Å². The first-order chi connectivity index (χ1) is 20.7. The number of fused-ring (bicyclic) bond motifs is 1. The van der Waals surface area contributed by atoms with Crippen LogP contribution in [0.15, 0.2) is 108 Å². The van der Waals surface area contributed by atoms with Crippen LogP contribution in [0.25, 0.3) is 16.6 Å². The van der Waals surface area contributed by atoms with Crippen LogP contribution in [0.1, 0.15) is 48.8 Å². The number of aryl methyl sites for hydroxylation is 1. The van der Waals surface area contributed by atoms with Crippen molar-refractivity contribution in [1.29, 1.82) is 0 Å². The molecule has 43 heavy (non-hydrogen) atoms. The van der Waals surface area contributed by atoms with Gasteiger partial charge in [0.05, 0.1) is 28.2 Å². The molecule has 1 atom stereocenters. The maximum Gasteiger partial charge on any atom is 0.416 e. The Balaban J connectivity index is 1.65. The van der Waals surface area contributed by atoms with Gasteiger partial charge in [0.15, 0.2) is 0 Å². The average Bonchev–Trinajstić information content (AvgIpc) is 3.01. The quantitative estimate of drug-likeness (QED) is 0.200. The summed E-state index contributed by atoms with van der Waals surface area (Å²) < 4.78 is 41.8. The van der Waals surface area contributed by atoms with Crippen LogP contribution in [-0.4, -0.2) is 20.5 Å². The highest BCUT2D eigenvalue weighted by molar-refractivity contribution is 5.89. The fraction of sp³-hybridized carbons (Fsp3) is 0.206. The second-order valence-corrected chi connectivity index (χ2v) is 10.2. The summed E-state index contributed by atoms with van der Waals surface area (Å²) in [5.74, 6) is 0.352. The molecule has 1 N–H and O–H groups in total. The number of urea groups is 1. The number of carbonyl (C=O) groups is 1. The highest BCUT2D eigenvalue weighted by Crippen LogP contribution is 2.32. The first-order valence-electron chi connectivity index (χ1n) is 14.1. The molecule has 4 aromatic carbocycles. The van der Waals surface area contributed by atoms with Gasteiger partial charge < -0.3 is 10.2 Å². The summed E-state index contributed by atoms with van der Waals surface area (Å²) in [5, 5.41) is 3.09. The molecule has 0 saturated heterocycles. The minimum atomic E-state index is -4.56. The third kappa shape index (κ3) is 6.45. The number of rotatable bonds is 8. The van der Waals surface area contributed by atoms with E-state index >= 15 is 0 Å². The van der Waals surface area contributed by atoms with Gasteiger partial charge in [-0.05, 0) is 66.4 Å². The number of halogens is 3. The highest BCUT2D eigenvalue weighted by atomic mass is 19.4. The number of carbonyl (C=O) groups excluding carboxylic acids is 1. The van der Waals surface area contributed by atoms with Gasteiger partial charge in [-0.2, -0.15) is 13.2 Å². The fourth-order valence-corrected chi connectivity index (χ4v) is 5.12. The van der Waals surface area contributed by atoms with Crippen molar-refractivity contribution in [3.8, 4) is 5.69 Å². The van der Waals surface area contributed by atoms with Crippen molar-refractivity contribution in [2.24, 2.45) is 0 Å². The van der Waals surface area contributed by atoms with Crippen molar-refractivity contribution in [3.05, 3.63) is 136 Å². The Morgan fingerprint density at radius 3 is 2.26 bits per heavy atom. The number of hydrogen-bond donors (Lipinski definition) is 1. The van der Waals surface area contributed by atoms with E-state index in [1.807, 2.05) is 68.4 Å². The minimum Gasteiger partial charge on any atom is -0.310 e. The van der Waals surface area contributed by atoms with Crippen molar-refractivity contribution < 1.29 is 18.0 Å². The topological polar surface area (TPSA) is 67.2 Å². The Morgan fingerprint density at radius 1 is 0.884 bits per heavy atom. The maximum atomic E-state index is 14.0. The van der Waals surface area contributed by atoms with Crippen LogP contribution < -0.4 is 10.9 Å². The Labute approximate surface area is 247 Å². The molecule has 9 heteroatoms. The van der Waals surface area contributed by atoms with E-state index in [-0.39, 0.29) is 17.8 Å². The second-order valence-electron chi connectivity index (χ2n) is 10.2. The zero-order chi connectivity index (χ0) is 30.6. The first kappa shape index (κ1) is 29.6. The van der Waals surface area contributed by atoms with E-state index in [0.29, 0.717) is 28.8 Å². The Kier molecular flexibility index (Phi) is 8.61. The number of amides is 2. The maximum absolute atomic E-state index is 14.0. The molecule has 0 aliphatic heterocycles. The summed E-state index contributed by atoms with van der Waals surface area (Å²) in [5.41, 5.74) is 1.86. The van der Waals surface area contributed by atoms with Crippen LogP contribution in [-0.2, 0) is 19.1 Å². The first-order valence-corrected chi connectivity index (χ1v) is 14.1. The molecule has 0 aliphatic carbocycles. The van der Waals surface area contributed by atoms with Crippen LogP contribution in [0.3, 0.4) is 0 Å². The standard InChI is InChI=1S/C34H31F3N4O2/c1-3-23-17-19-27(20-18-23)41-31(39-29-16-9-8-15-28(29)32(41)42)30(4-2)40(22-24-11-6-5-7-12-24)33(43)38-26-14-10-13-25(21-26)34(35,36)37/h5-21,30H,3-4,22H2,1-2H3,(H,38,43). The molecule has 1 heterocycles. The van der Waals surface area contributed by atoms with Crippen LogP contribution >= 0.6 is 0 Å². The van der Waals surface area contributed by atoms with Gasteiger partial charge in [-0.3, -0.25) is 9.36 Å². The summed E-state index contributed by atoms with van der Waals surface area (Å²) >= 11 is 0. The van der Waals surface area contributed by atoms with E-state index < -0.39 is 23.8 Å². The molecule has 2 amide bonds. The molecule has 0 bridgehead atoms. The van der Waals surface area contributed by atoms with Crippen LogP contribution in [0.2, 0.25) is 0 Å². The molecule has 0 spiro atoms. The van der Waals surface area contributed by atoms with Gasteiger partial charge in [-0.1, -0.05) is 74.5 Å². The van der Waals surface area contributed by atoms with Crippen molar-refractivity contribution in [2.75, 3.05) is 5.32 Å². The third-order valence-corrected chi connectivity index (χ3v) is 7.36. The van der Waals surface area contributed by atoms with Crippen LogP contribution in [0.4, 0.5) is 23.7 Å². The SMILES string of the molecule is CCc1ccc(-n2c(C(CC)N(Cc3ccccc3)C(=O)Nc3cccc(C(F)(F)F)c3)nc3ccccc3c2=O)cc1. The minimum absolute atomic E-state index is 0.00625. The number of benzene rings is 4. The second kappa shape index (κ2) is 12.5. The normalized spacial score (nSPS) is 12.2. The lowest BCUT2D eigenvalue weighted by Crippen LogP contribution is -2.40. The van der Waals surface area contributed by atoms with Gasteiger partial charge in [-0.25, -0.2) is 9.78 Å². The summed E-state index contributed by atoms with van der Waals surface area (Å²) in [6.07, 6.45) is -3.36. The van der Waals surface area contributed by atoms with Gasteiger partial charge in [0.2, 0.25) is 0 Å². The number of nitrogens with zero attached hydrogens (tertiary/aromatic N) is 3. The van der Waals surface area contributed by atoms with Gasteiger partial charge in [-0.15, -0.1) is 0 Å². The predicted molar refractivity (Wildman–Crippen MR) is 162 cm³/mol. The Bertz CT molecular complexity index is 1780. The number of hydrogen-bond acceptors (Lipinski definition) is 3. The molecule has 0 saturated carbocycles. The lowest BCUT2D eigenvalue weighted by molar-refractivity contribution is -0.137. The van der Waals surface area contributed by atoms with Crippen molar-refractivity contribution in [3.63, 3.8) is 0 Å². The zero-order valence-corrected chi connectivity index (χ0v) is 23.8. The summed E-state index contributed by atoms with van der Waals surface area (Å²) in [7, 11) is 0. The molecule has 220 valence electrons. The Hall–Kier alpha value is -4.92. The van der Waals surface area contributed by atoms with Gasteiger partial charge in [0.1, 0.15) is 5.82 Å². The molecule has 1 unspecified atom stereocenters. The molecule has 5 aromatic rings. The number of alkyl halides is 3. The van der Waals surface area contributed by atoms with Crippen molar-refractivity contribution in [1.82, 2.24) is 14.5 Å². The molecule has 5 rings (SSSR count). The zero-order valence-electron chi connectivity index (χ0n) is 23.8. The lowest BCUT2D eigenvalue weighted by atomic mass is 10.1. The number of aromatic nitrogens is 2. The summed E-state index contributed by atoms with van der Waals surface area (Å²) in [6, 6.07) is 27.1. The van der Waals surface area contributed by atoms with Gasteiger partial charge >= 0.3 is 12.2 Å². The van der Waals surface area contributed by atoms with E-state index in [1.54, 1.807) is 24.3 Å². The number of para-hydroxylation sites is 1. The monoisotopic (exact) mass is 584 g/mol. The molecule has 1 aromatic heterocycles. The number of anilines is 1. The summed E-state index contributed by atoms with van der Waals surface area (Å²) in [6.45, 7) is 4.05. The third-order valence-electron chi connectivity index (χ3n) is 7.36. The lowest BCUT2D eigenvalue weighted by Gasteiger charge is -2.32. The highest BCUT2D eigenvalue weighted by Gasteiger charge is 2.32. The predicted octanol–water partition coefficient (Wildman–Crippen LogP) is 8.15. The molecule has 6 nitrogen and oxygen atoms in total. The fourth-order valence-electron chi connectivity index (χ4n) is 5.12. The molecule has 0 fully saturated rings. The summed E-state index contributed by atoms with van der Waals surface area (Å²) in [4.78, 5) is 34.4. The molecule has 0 aliphatic rings. The average molecular weight is 585 g/mol. The number of nitrogens with one attached hydrogen (secondary N) is 1. The largest absolute Gasteiger partial charge is 0.416 e. The smallest absolute Gasteiger partial charge is 0.310 e. The molecule has 0 radical (unpaired) electrons. The van der Waals surface area contributed by atoms with E-state index in [2.05, 4.69) is 5.32 Å². The van der Waals surface area contributed by atoms with E-state index in [0.717, 1.165) is 29.7 Å².